The van der Waals surface area contributed by atoms with Gasteiger partial charge in [0.05, 0.1) is 10.9 Å². The van der Waals surface area contributed by atoms with Gasteiger partial charge in [0.2, 0.25) is 10.0 Å². The lowest BCUT2D eigenvalue weighted by Gasteiger charge is -2.21. The number of quaternary nitrogens is 1. The van der Waals surface area contributed by atoms with Crippen molar-refractivity contribution in [2.24, 2.45) is 11.1 Å². The van der Waals surface area contributed by atoms with Gasteiger partial charge in [0.15, 0.2) is 6.54 Å². The Morgan fingerprint density at radius 3 is 1.87 bits per heavy atom. The molecule has 0 fully saturated rings. The van der Waals surface area contributed by atoms with E-state index < -0.39 is 10.0 Å². The second kappa shape index (κ2) is 10.2. The Kier molecular flexibility index (Phi) is 8.18. The number of carbonyl (C=O) groups excluding carboxylic acids is 1. The second-order valence-electron chi connectivity index (χ2n) is 8.43. The molecule has 0 heterocycles. The van der Waals surface area contributed by atoms with Gasteiger partial charge in [-0.2, -0.15) is 0 Å². The third-order valence-corrected chi connectivity index (χ3v) is 6.28. The smallest absolute Gasteiger partial charge is 0.275 e. The first-order chi connectivity index (χ1) is 14.0. The molecule has 0 bridgehead atoms. The molecule has 0 aliphatic carbocycles. The summed E-state index contributed by atoms with van der Waals surface area (Å²) in [4.78, 5) is 12.6. The molecule has 2 aromatic rings. The van der Waals surface area contributed by atoms with E-state index in [4.69, 9.17) is 5.14 Å². The van der Waals surface area contributed by atoms with Crippen LogP contribution in [0.2, 0.25) is 0 Å². The van der Waals surface area contributed by atoms with Gasteiger partial charge in [-0.1, -0.05) is 64.1 Å². The van der Waals surface area contributed by atoms with Crippen molar-refractivity contribution < 1.29 is 18.5 Å². The number of benzene rings is 2. The molecule has 0 spiro atoms. The zero-order valence-corrected chi connectivity index (χ0v) is 19.2. The van der Waals surface area contributed by atoms with Gasteiger partial charge in [-0.05, 0) is 36.1 Å². The molecule has 0 aliphatic heterocycles. The summed E-state index contributed by atoms with van der Waals surface area (Å²) in [7, 11) is -3.72. The van der Waals surface area contributed by atoms with Crippen LogP contribution in [0.1, 0.15) is 69.3 Å². The molecule has 30 heavy (non-hydrogen) atoms. The molecule has 0 radical (unpaired) electrons. The molecule has 164 valence electrons. The summed E-state index contributed by atoms with van der Waals surface area (Å²) in [5.74, 6) is 0.806. The summed E-state index contributed by atoms with van der Waals surface area (Å²) in [6.45, 7) is 10.9. The summed E-state index contributed by atoms with van der Waals surface area (Å²) >= 11 is 0. The highest BCUT2D eigenvalue weighted by atomic mass is 32.2. The topological polar surface area (TPSA) is 106 Å². The van der Waals surface area contributed by atoms with Crippen LogP contribution < -0.4 is 15.8 Å². The van der Waals surface area contributed by atoms with Gasteiger partial charge in [-0.25, -0.2) is 13.6 Å². The monoisotopic (exact) mass is 432 g/mol. The van der Waals surface area contributed by atoms with Gasteiger partial charge in [0.1, 0.15) is 6.04 Å². The molecule has 5 N–H and O–H groups in total. The van der Waals surface area contributed by atoms with E-state index in [1.165, 1.54) is 23.3 Å². The third-order valence-electron chi connectivity index (χ3n) is 5.35. The predicted octanol–water partition coefficient (Wildman–Crippen LogP) is 2.60. The van der Waals surface area contributed by atoms with Gasteiger partial charge in [0.25, 0.3) is 5.91 Å². The number of nitrogens with one attached hydrogen (secondary N) is 1. The van der Waals surface area contributed by atoms with Gasteiger partial charge in [0, 0.05) is 11.5 Å². The lowest BCUT2D eigenvalue weighted by Crippen LogP contribution is -2.88. The number of hydrogen-bond donors (Lipinski definition) is 3. The number of nitrogens with two attached hydrogens (primary N) is 2. The summed E-state index contributed by atoms with van der Waals surface area (Å²) in [5, 5.41) is 10.2. The zero-order valence-electron chi connectivity index (χ0n) is 18.4. The van der Waals surface area contributed by atoms with Crippen LogP contribution in [-0.2, 0) is 14.8 Å². The van der Waals surface area contributed by atoms with Gasteiger partial charge >= 0.3 is 0 Å². The molecule has 7 heteroatoms. The zero-order chi connectivity index (χ0) is 22.5. The molecule has 2 rings (SSSR count). The molecule has 0 saturated carbocycles. The lowest BCUT2D eigenvalue weighted by atomic mass is 9.93. The molecule has 2 atom stereocenters. The average Bonchev–Trinajstić information content (AvgIpc) is 2.67. The van der Waals surface area contributed by atoms with E-state index in [0.717, 1.165) is 5.56 Å². The third kappa shape index (κ3) is 6.65. The van der Waals surface area contributed by atoms with Crippen molar-refractivity contribution in [3.63, 3.8) is 0 Å². The fourth-order valence-electron chi connectivity index (χ4n) is 3.46. The van der Waals surface area contributed by atoms with Crippen LogP contribution in [0.4, 0.5) is 0 Å². The Morgan fingerprint density at radius 2 is 1.40 bits per heavy atom. The van der Waals surface area contributed by atoms with Crippen LogP contribution in [0.25, 0.3) is 0 Å². The minimum absolute atomic E-state index is 0.0568. The van der Waals surface area contributed by atoms with Crippen LogP contribution in [-0.4, -0.2) is 20.9 Å². The molecule has 2 aromatic carbocycles. The van der Waals surface area contributed by atoms with E-state index >= 15 is 0 Å². The Labute approximate surface area is 180 Å². The molecule has 0 aliphatic rings. The largest absolute Gasteiger partial charge is 0.345 e. The maximum atomic E-state index is 12.5. The van der Waals surface area contributed by atoms with Gasteiger partial charge < -0.3 is 10.6 Å². The summed E-state index contributed by atoms with van der Waals surface area (Å²) in [6.07, 6.45) is 0. The maximum absolute atomic E-state index is 12.5. The number of amides is 1. The number of hydrogen-bond acceptors (Lipinski definition) is 3. The van der Waals surface area contributed by atoms with E-state index in [0.29, 0.717) is 18.4 Å². The van der Waals surface area contributed by atoms with Crippen LogP contribution in [0.15, 0.2) is 53.4 Å². The second-order valence-corrected chi connectivity index (χ2v) is 10.00. The lowest BCUT2D eigenvalue weighted by molar-refractivity contribution is -0.692. The Bertz CT molecular complexity index is 937. The first-order valence-electron chi connectivity index (χ1n) is 10.3. The highest BCUT2D eigenvalue weighted by Crippen LogP contribution is 2.21. The van der Waals surface area contributed by atoms with Crippen molar-refractivity contribution in [3.05, 3.63) is 65.2 Å². The van der Waals surface area contributed by atoms with Gasteiger partial charge in [-0.3, -0.25) is 4.79 Å². The molecular formula is C23H34N3O3S+. The van der Waals surface area contributed by atoms with Crippen LogP contribution in [0.3, 0.4) is 0 Å². The minimum Gasteiger partial charge on any atom is -0.345 e. The fourth-order valence-corrected chi connectivity index (χ4v) is 3.98. The molecule has 0 aromatic heterocycles. The van der Waals surface area contributed by atoms with Crippen LogP contribution >= 0.6 is 0 Å². The average molecular weight is 433 g/mol. The molecule has 6 nitrogen and oxygen atoms in total. The van der Waals surface area contributed by atoms with E-state index in [2.05, 4.69) is 62.6 Å². The number of primary sulfonamides is 1. The molecule has 1 amide bonds. The highest BCUT2D eigenvalue weighted by molar-refractivity contribution is 7.89. The quantitative estimate of drug-likeness (QED) is 0.567. The highest BCUT2D eigenvalue weighted by Gasteiger charge is 2.21. The van der Waals surface area contributed by atoms with Crippen molar-refractivity contribution in [1.29, 1.82) is 0 Å². The van der Waals surface area contributed by atoms with Crippen LogP contribution in [0.5, 0.6) is 0 Å². The first kappa shape index (κ1) is 24.1. The van der Waals surface area contributed by atoms with Crippen molar-refractivity contribution in [2.75, 3.05) is 6.54 Å². The molecule has 0 unspecified atom stereocenters. The van der Waals surface area contributed by atoms with E-state index in [1.807, 2.05) is 6.92 Å². The van der Waals surface area contributed by atoms with Crippen molar-refractivity contribution in [3.8, 4) is 0 Å². The summed E-state index contributed by atoms with van der Waals surface area (Å²) < 4.78 is 22.7. The Hall–Kier alpha value is -2.22. The maximum Gasteiger partial charge on any atom is 0.275 e. The first-order valence-corrected chi connectivity index (χ1v) is 11.9. The SMILES string of the molecule is CC(C)c1ccc([C@@H]([NH2+]CC(=O)N[C@@H](C)c2ccc(S(N)(=O)=O)cc2)C(C)C)cc1. The molecule has 0 saturated heterocycles. The van der Waals surface area contributed by atoms with E-state index in [9.17, 15) is 13.2 Å². The van der Waals surface area contributed by atoms with Crippen LogP contribution in [0, 0.1) is 5.92 Å². The van der Waals surface area contributed by atoms with Gasteiger partial charge in [-0.15, -0.1) is 0 Å². The van der Waals surface area contributed by atoms with E-state index in [-0.39, 0.29) is 22.9 Å². The molecular weight excluding hydrogens is 398 g/mol. The number of rotatable bonds is 9. The minimum atomic E-state index is -3.72. The summed E-state index contributed by atoms with van der Waals surface area (Å²) in [6, 6.07) is 14.8. The Balaban J connectivity index is 1.97. The predicted molar refractivity (Wildman–Crippen MR) is 119 cm³/mol. The summed E-state index contributed by atoms with van der Waals surface area (Å²) in [5.41, 5.74) is 3.34. The van der Waals surface area contributed by atoms with Crippen molar-refractivity contribution >= 4 is 15.9 Å². The van der Waals surface area contributed by atoms with Crippen molar-refractivity contribution in [2.45, 2.75) is 57.5 Å². The van der Waals surface area contributed by atoms with Crippen molar-refractivity contribution in [1.82, 2.24) is 5.32 Å². The standard InChI is InChI=1S/C23H33N3O3S/c1-15(2)18-6-8-20(9-7-18)23(16(3)4)25-14-22(27)26-17(5)19-10-12-21(13-11-19)30(24,28)29/h6-13,15-17,23,25H,14H2,1-5H3,(H,26,27)(H2,24,28,29)/p+1/t17-,23-/m0/s1. The Morgan fingerprint density at radius 1 is 0.900 bits per heavy atom. The fraction of sp³-hybridized carbons (Fsp3) is 0.435. The number of carbonyl (C=O) groups is 1. The normalized spacial score (nSPS) is 14.0. The number of sulfonamides is 1. The van der Waals surface area contributed by atoms with E-state index in [1.54, 1.807) is 12.1 Å².